The lowest BCUT2D eigenvalue weighted by molar-refractivity contribution is -0.180. The summed E-state index contributed by atoms with van der Waals surface area (Å²) < 4.78 is 37.0. The standard InChI is InChI=1S/C15H22N2O4S/c1-2-22(18,19)17-11-15(12-17)9-14(6-8-21-15)20-10-13-5-3-4-7-16-13/h3-5,7,14H,2,6,8-12H2,1H3/t14-/m1/s1. The molecule has 2 saturated heterocycles. The number of aromatic nitrogens is 1. The highest BCUT2D eigenvalue weighted by atomic mass is 32.2. The van der Waals surface area contributed by atoms with E-state index in [9.17, 15) is 8.42 Å². The van der Waals surface area contributed by atoms with E-state index in [1.165, 1.54) is 4.31 Å². The number of hydrogen-bond donors (Lipinski definition) is 0. The summed E-state index contributed by atoms with van der Waals surface area (Å²) >= 11 is 0. The van der Waals surface area contributed by atoms with Crippen molar-refractivity contribution in [3.8, 4) is 0 Å². The predicted octanol–water partition coefficient (Wildman–Crippen LogP) is 1.18. The van der Waals surface area contributed by atoms with Crippen LogP contribution in [0.3, 0.4) is 0 Å². The van der Waals surface area contributed by atoms with Crippen LogP contribution >= 0.6 is 0 Å². The number of hydrogen-bond acceptors (Lipinski definition) is 5. The Kier molecular flexibility index (Phi) is 4.49. The molecule has 2 aliphatic rings. The van der Waals surface area contributed by atoms with Crippen LogP contribution in [0, 0.1) is 0 Å². The number of ether oxygens (including phenoxy) is 2. The lowest BCUT2D eigenvalue weighted by Gasteiger charge is -2.52. The summed E-state index contributed by atoms with van der Waals surface area (Å²) in [6.07, 6.45) is 3.44. The Morgan fingerprint density at radius 2 is 2.27 bits per heavy atom. The number of nitrogens with zero attached hydrogens (tertiary/aromatic N) is 2. The molecular formula is C15H22N2O4S. The normalized spacial score (nSPS) is 25.0. The van der Waals surface area contributed by atoms with Crippen LogP contribution in [-0.4, -0.2) is 54.9 Å². The highest BCUT2D eigenvalue weighted by Crippen LogP contribution is 2.36. The first kappa shape index (κ1) is 15.9. The van der Waals surface area contributed by atoms with Gasteiger partial charge < -0.3 is 9.47 Å². The van der Waals surface area contributed by atoms with Crippen molar-refractivity contribution in [1.82, 2.24) is 9.29 Å². The molecule has 0 aliphatic carbocycles. The topological polar surface area (TPSA) is 68.7 Å². The van der Waals surface area contributed by atoms with Gasteiger partial charge in [-0.1, -0.05) is 6.07 Å². The van der Waals surface area contributed by atoms with Crippen molar-refractivity contribution in [3.63, 3.8) is 0 Å². The molecule has 3 heterocycles. The zero-order valence-corrected chi connectivity index (χ0v) is 13.6. The van der Waals surface area contributed by atoms with Gasteiger partial charge in [0.05, 0.1) is 29.8 Å². The number of pyridine rings is 1. The SMILES string of the molecule is CCS(=O)(=O)N1CC2(C[C@H](OCc3ccccn3)CCO2)C1. The largest absolute Gasteiger partial charge is 0.372 e. The Morgan fingerprint density at radius 3 is 2.95 bits per heavy atom. The van der Waals surface area contributed by atoms with E-state index in [0.717, 1.165) is 18.5 Å². The first-order chi connectivity index (χ1) is 10.5. The minimum atomic E-state index is -3.11. The monoisotopic (exact) mass is 326 g/mol. The lowest BCUT2D eigenvalue weighted by atomic mass is 9.86. The molecule has 1 aromatic rings. The van der Waals surface area contributed by atoms with Crippen molar-refractivity contribution >= 4 is 10.0 Å². The summed E-state index contributed by atoms with van der Waals surface area (Å²) in [6, 6.07) is 5.76. The van der Waals surface area contributed by atoms with E-state index < -0.39 is 10.0 Å². The summed E-state index contributed by atoms with van der Waals surface area (Å²) in [5.74, 6) is 0.142. The Morgan fingerprint density at radius 1 is 1.45 bits per heavy atom. The molecule has 6 nitrogen and oxygen atoms in total. The maximum Gasteiger partial charge on any atom is 0.214 e. The zero-order valence-electron chi connectivity index (χ0n) is 12.8. The molecule has 0 saturated carbocycles. The van der Waals surface area contributed by atoms with Gasteiger partial charge in [0.25, 0.3) is 0 Å². The summed E-state index contributed by atoms with van der Waals surface area (Å²) in [6.45, 7) is 3.67. The Labute approximate surface area is 131 Å². The van der Waals surface area contributed by atoms with E-state index in [0.29, 0.717) is 26.3 Å². The molecule has 0 N–H and O–H groups in total. The van der Waals surface area contributed by atoms with Gasteiger partial charge >= 0.3 is 0 Å². The van der Waals surface area contributed by atoms with Crippen LogP contribution in [0.15, 0.2) is 24.4 Å². The van der Waals surface area contributed by atoms with Crippen molar-refractivity contribution in [1.29, 1.82) is 0 Å². The molecule has 2 fully saturated rings. The number of sulfonamides is 1. The molecule has 0 bridgehead atoms. The molecule has 0 aromatic carbocycles. The third kappa shape index (κ3) is 3.32. The fraction of sp³-hybridized carbons (Fsp3) is 0.667. The van der Waals surface area contributed by atoms with E-state index in [1.54, 1.807) is 13.1 Å². The van der Waals surface area contributed by atoms with Crippen LogP contribution < -0.4 is 0 Å². The first-order valence-corrected chi connectivity index (χ1v) is 9.27. The van der Waals surface area contributed by atoms with Crippen LogP contribution in [0.5, 0.6) is 0 Å². The molecular weight excluding hydrogens is 304 g/mol. The predicted molar refractivity (Wildman–Crippen MR) is 81.8 cm³/mol. The van der Waals surface area contributed by atoms with Gasteiger partial charge in [-0.15, -0.1) is 0 Å². The summed E-state index contributed by atoms with van der Waals surface area (Å²) in [4.78, 5) is 4.25. The third-order valence-electron chi connectivity index (χ3n) is 4.33. The minimum Gasteiger partial charge on any atom is -0.372 e. The van der Waals surface area contributed by atoms with Crippen molar-refractivity contribution in [2.75, 3.05) is 25.4 Å². The van der Waals surface area contributed by atoms with Crippen molar-refractivity contribution < 1.29 is 17.9 Å². The first-order valence-electron chi connectivity index (χ1n) is 7.66. The Balaban J connectivity index is 1.53. The number of rotatable bonds is 5. The molecule has 2 aliphatic heterocycles. The van der Waals surface area contributed by atoms with Crippen molar-refractivity contribution in [3.05, 3.63) is 30.1 Å². The minimum absolute atomic E-state index is 0.0993. The molecule has 22 heavy (non-hydrogen) atoms. The molecule has 0 amide bonds. The molecule has 1 spiro atoms. The molecule has 3 rings (SSSR count). The van der Waals surface area contributed by atoms with E-state index in [-0.39, 0.29) is 17.5 Å². The van der Waals surface area contributed by atoms with Crippen LogP contribution in [0.25, 0.3) is 0 Å². The van der Waals surface area contributed by atoms with Crippen LogP contribution in [0.1, 0.15) is 25.5 Å². The van der Waals surface area contributed by atoms with Gasteiger partial charge in [0.2, 0.25) is 10.0 Å². The van der Waals surface area contributed by atoms with Crippen LogP contribution in [0.4, 0.5) is 0 Å². The van der Waals surface area contributed by atoms with Gasteiger partial charge in [-0.2, -0.15) is 4.31 Å². The van der Waals surface area contributed by atoms with E-state index >= 15 is 0 Å². The third-order valence-corrected chi connectivity index (χ3v) is 6.10. The molecule has 7 heteroatoms. The second kappa shape index (κ2) is 6.23. The maximum atomic E-state index is 11.8. The smallest absolute Gasteiger partial charge is 0.214 e. The van der Waals surface area contributed by atoms with Crippen molar-refractivity contribution in [2.24, 2.45) is 0 Å². The zero-order chi connectivity index (χ0) is 15.6. The highest BCUT2D eigenvalue weighted by Gasteiger charge is 2.51. The second-order valence-corrected chi connectivity index (χ2v) is 8.20. The average Bonchev–Trinajstić information content (AvgIpc) is 2.52. The van der Waals surface area contributed by atoms with Gasteiger partial charge in [0.15, 0.2) is 0 Å². The molecule has 0 radical (unpaired) electrons. The molecule has 1 aromatic heterocycles. The highest BCUT2D eigenvalue weighted by molar-refractivity contribution is 7.89. The molecule has 0 unspecified atom stereocenters. The fourth-order valence-electron chi connectivity index (χ4n) is 3.01. The van der Waals surface area contributed by atoms with Crippen LogP contribution in [0.2, 0.25) is 0 Å². The summed E-state index contributed by atoms with van der Waals surface area (Å²) in [5.41, 5.74) is 0.557. The Hall–Kier alpha value is -1.02. The van der Waals surface area contributed by atoms with Gasteiger partial charge in [-0.3, -0.25) is 4.98 Å². The van der Waals surface area contributed by atoms with Gasteiger partial charge in [-0.05, 0) is 25.5 Å². The average molecular weight is 326 g/mol. The maximum absolute atomic E-state index is 11.8. The Bertz CT molecular complexity index is 599. The van der Waals surface area contributed by atoms with Gasteiger partial charge in [0, 0.05) is 32.3 Å². The van der Waals surface area contributed by atoms with E-state index in [2.05, 4.69) is 4.98 Å². The molecule has 1 atom stereocenters. The quantitative estimate of drug-likeness (QED) is 0.813. The van der Waals surface area contributed by atoms with Crippen LogP contribution in [-0.2, 0) is 26.1 Å². The van der Waals surface area contributed by atoms with E-state index in [4.69, 9.17) is 9.47 Å². The van der Waals surface area contributed by atoms with E-state index in [1.807, 2.05) is 18.2 Å². The van der Waals surface area contributed by atoms with Crippen molar-refractivity contribution in [2.45, 2.75) is 38.1 Å². The summed E-state index contributed by atoms with van der Waals surface area (Å²) in [7, 11) is -3.11. The van der Waals surface area contributed by atoms with Gasteiger partial charge in [0.1, 0.15) is 0 Å². The lowest BCUT2D eigenvalue weighted by Crippen LogP contribution is -2.67. The fourth-order valence-corrected chi connectivity index (χ4v) is 4.24. The van der Waals surface area contributed by atoms with Gasteiger partial charge in [-0.25, -0.2) is 8.42 Å². The molecule has 122 valence electrons. The summed E-state index contributed by atoms with van der Waals surface area (Å²) in [5, 5.41) is 0. The second-order valence-electron chi connectivity index (χ2n) is 5.95.